The van der Waals surface area contributed by atoms with Crippen molar-refractivity contribution in [1.82, 2.24) is 10.6 Å². The average molecular weight is 551 g/mol. The van der Waals surface area contributed by atoms with Crippen LogP contribution in [0.15, 0.2) is 42.0 Å². The van der Waals surface area contributed by atoms with Gasteiger partial charge in [-0.05, 0) is 80.6 Å². The van der Waals surface area contributed by atoms with Gasteiger partial charge in [-0.2, -0.15) is 5.26 Å². The quantitative estimate of drug-likeness (QED) is 0.186. The number of nitriles is 1. The largest absolute Gasteiger partial charge is 0.462 e. The Labute approximate surface area is 235 Å². The van der Waals surface area contributed by atoms with Gasteiger partial charge in [0.15, 0.2) is 0 Å². The summed E-state index contributed by atoms with van der Waals surface area (Å²) < 4.78 is 15.3. The minimum atomic E-state index is -0.704. The molecule has 1 aliphatic heterocycles. The van der Waals surface area contributed by atoms with Gasteiger partial charge in [0.05, 0.1) is 13.2 Å². The van der Waals surface area contributed by atoms with Crippen LogP contribution in [0.25, 0.3) is 16.8 Å². The summed E-state index contributed by atoms with van der Waals surface area (Å²) in [5.74, 6) is -1.12. The Kier molecular flexibility index (Phi) is 11.3. The van der Waals surface area contributed by atoms with E-state index in [4.69, 9.17) is 14.2 Å². The van der Waals surface area contributed by atoms with Gasteiger partial charge in [-0.1, -0.05) is 18.2 Å². The molecular weight excluding hydrogens is 512 g/mol. The van der Waals surface area contributed by atoms with E-state index in [2.05, 4.69) is 33.7 Å². The van der Waals surface area contributed by atoms with E-state index in [0.29, 0.717) is 0 Å². The van der Waals surface area contributed by atoms with Crippen LogP contribution in [-0.2, 0) is 23.8 Å². The van der Waals surface area contributed by atoms with E-state index in [-0.39, 0.29) is 38.5 Å². The van der Waals surface area contributed by atoms with Crippen molar-refractivity contribution < 1.29 is 28.6 Å². The monoisotopic (exact) mass is 550 g/mol. The Bertz CT molecular complexity index is 1260. The first kappa shape index (κ1) is 30.4. The highest BCUT2D eigenvalue weighted by atomic mass is 16.6. The van der Waals surface area contributed by atoms with Crippen LogP contribution in [0.5, 0.6) is 0 Å². The summed E-state index contributed by atoms with van der Waals surface area (Å²) in [5.41, 5.74) is 1.33. The maximum atomic E-state index is 12.5. The average Bonchev–Trinajstić information content (AvgIpc) is 2.93. The molecule has 0 radical (unpaired) electrons. The lowest BCUT2D eigenvalue weighted by Gasteiger charge is -2.29. The Morgan fingerprint density at radius 1 is 0.975 bits per heavy atom. The zero-order valence-electron chi connectivity index (χ0n) is 23.5. The van der Waals surface area contributed by atoms with Gasteiger partial charge in [-0.15, -0.1) is 0 Å². The number of rotatable bonds is 11. The second-order valence-corrected chi connectivity index (χ2v) is 10.5. The first-order valence-corrected chi connectivity index (χ1v) is 13.5. The highest BCUT2D eigenvalue weighted by molar-refractivity contribution is 6.02. The third-order valence-electron chi connectivity index (χ3n) is 6.04. The number of ether oxygens (including phenoxy) is 3. The molecule has 2 N–H and O–H groups in total. The van der Waals surface area contributed by atoms with E-state index in [1.54, 1.807) is 26.8 Å². The number of amides is 2. The van der Waals surface area contributed by atoms with Gasteiger partial charge in [0, 0.05) is 25.3 Å². The molecule has 2 amide bonds. The summed E-state index contributed by atoms with van der Waals surface area (Å²) in [5, 5.41) is 16.6. The number of alkyl carbamates (subject to hydrolysis) is 1. The van der Waals surface area contributed by atoms with Crippen molar-refractivity contribution in [3.63, 3.8) is 0 Å². The fourth-order valence-corrected chi connectivity index (χ4v) is 4.16. The zero-order chi connectivity index (χ0) is 29.0. The minimum Gasteiger partial charge on any atom is -0.462 e. The predicted octanol–water partition coefficient (Wildman–Crippen LogP) is 3.94. The fraction of sp³-hybridized carbons (Fsp3) is 0.467. The van der Waals surface area contributed by atoms with E-state index in [1.165, 1.54) is 24.9 Å². The van der Waals surface area contributed by atoms with Gasteiger partial charge in [-0.25, -0.2) is 4.79 Å². The van der Waals surface area contributed by atoms with Crippen molar-refractivity contribution in [3.05, 3.63) is 47.5 Å². The van der Waals surface area contributed by atoms with Crippen LogP contribution in [0.1, 0.15) is 45.6 Å². The molecule has 1 saturated heterocycles. The van der Waals surface area contributed by atoms with Crippen LogP contribution in [0.3, 0.4) is 0 Å². The van der Waals surface area contributed by atoms with Gasteiger partial charge >= 0.3 is 12.1 Å². The number of hydrogen-bond acceptors (Lipinski definition) is 8. The number of esters is 1. The van der Waals surface area contributed by atoms with Crippen molar-refractivity contribution in [2.24, 2.45) is 0 Å². The highest BCUT2D eigenvalue weighted by Gasteiger charge is 2.17. The maximum Gasteiger partial charge on any atom is 0.408 e. The molecular formula is C30H38N4O6. The fourth-order valence-electron chi connectivity index (χ4n) is 4.16. The number of anilines is 1. The van der Waals surface area contributed by atoms with E-state index < -0.39 is 23.6 Å². The molecule has 3 rings (SSSR count). The maximum absolute atomic E-state index is 12.5. The first-order chi connectivity index (χ1) is 19.1. The molecule has 1 heterocycles. The number of nitrogens with one attached hydrogen (secondary N) is 2. The van der Waals surface area contributed by atoms with E-state index in [9.17, 15) is 19.6 Å². The molecule has 0 aliphatic carbocycles. The first-order valence-electron chi connectivity index (χ1n) is 13.5. The summed E-state index contributed by atoms with van der Waals surface area (Å²) in [6, 6.07) is 14.2. The van der Waals surface area contributed by atoms with E-state index in [1.807, 2.05) is 24.3 Å². The molecule has 2 aromatic rings. The minimum absolute atomic E-state index is 0.00398. The molecule has 10 nitrogen and oxygen atoms in total. The van der Waals surface area contributed by atoms with Gasteiger partial charge < -0.3 is 29.7 Å². The summed E-state index contributed by atoms with van der Waals surface area (Å²) in [7, 11) is 0. The molecule has 1 aliphatic rings. The van der Waals surface area contributed by atoms with Gasteiger partial charge in [0.25, 0.3) is 5.91 Å². The van der Waals surface area contributed by atoms with Gasteiger partial charge in [0.2, 0.25) is 0 Å². The second kappa shape index (κ2) is 14.9. The highest BCUT2D eigenvalue weighted by Crippen LogP contribution is 2.26. The Hall–Kier alpha value is -4.10. The molecule has 0 aromatic heterocycles. The molecule has 0 bridgehead atoms. The number of benzene rings is 2. The van der Waals surface area contributed by atoms with Crippen molar-refractivity contribution >= 4 is 40.5 Å². The molecule has 214 valence electrons. The van der Waals surface area contributed by atoms with Crippen molar-refractivity contribution in [2.45, 2.75) is 45.6 Å². The summed E-state index contributed by atoms with van der Waals surface area (Å²) in [6.45, 7) is 7.48. The molecule has 40 heavy (non-hydrogen) atoms. The van der Waals surface area contributed by atoms with E-state index >= 15 is 0 Å². The molecule has 1 fully saturated rings. The molecule has 0 spiro atoms. The van der Waals surface area contributed by atoms with Gasteiger partial charge in [-0.3, -0.25) is 9.59 Å². The standard InChI is InChI=1S/C30H38N4O6/c1-30(2,3)40-29(37)33-21-27(35)39-16-15-38-14-11-32-28(36)25(20-31)18-22-7-8-24-19-26(10-9-23(24)17-22)34-12-5-4-6-13-34/h7-10,17-19H,4-6,11-16,21H2,1-3H3,(H,32,36)(H,33,37)/b25-18+. The van der Waals surface area contributed by atoms with Crippen LogP contribution in [0, 0.1) is 11.3 Å². The molecule has 10 heteroatoms. The molecule has 2 aromatic carbocycles. The normalized spacial score (nSPS) is 13.8. The number of piperidine rings is 1. The Balaban J connectivity index is 1.37. The molecule has 0 saturated carbocycles. The smallest absolute Gasteiger partial charge is 0.408 e. The number of carbonyl (C=O) groups excluding carboxylic acids is 3. The lowest BCUT2D eigenvalue weighted by Crippen LogP contribution is -2.36. The van der Waals surface area contributed by atoms with Crippen molar-refractivity contribution in [2.75, 3.05) is 50.9 Å². The lowest BCUT2D eigenvalue weighted by atomic mass is 10.0. The second-order valence-electron chi connectivity index (χ2n) is 10.5. The van der Waals surface area contributed by atoms with Gasteiger partial charge in [0.1, 0.15) is 30.4 Å². The zero-order valence-corrected chi connectivity index (χ0v) is 23.5. The lowest BCUT2D eigenvalue weighted by molar-refractivity contribution is -0.144. The number of fused-ring (bicyclic) bond motifs is 1. The van der Waals surface area contributed by atoms with Crippen LogP contribution in [0.4, 0.5) is 10.5 Å². The Morgan fingerprint density at radius 3 is 2.42 bits per heavy atom. The SMILES string of the molecule is CC(C)(C)OC(=O)NCC(=O)OCCOCCNC(=O)/C(C#N)=C/c1ccc2cc(N3CCCCC3)ccc2c1. The third-order valence-corrected chi connectivity index (χ3v) is 6.04. The van der Waals surface area contributed by atoms with E-state index in [0.717, 1.165) is 29.4 Å². The van der Waals surface area contributed by atoms with Crippen LogP contribution in [0.2, 0.25) is 0 Å². The van der Waals surface area contributed by atoms with Crippen LogP contribution in [-0.4, -0.2) is 69.6 Å². The van der Waals surface area contributed by atoms with Crippen molar-refractivity contribution in [1.29, 1.82) is 5.26 Å². The summed E-state index contributed by atoms with van der Waals surface area (Å²) in [4.78, 5) is 38.1. The summed E-state index contributed by atoms with van der Waals surface area (Å²) in [6.07, 6.45) is 4.60. The summed E-state index contributed by atoms with van der Waals surface area (Å²) >= 11 is 0. The van der Waals surface area contributed by atoms with Crippen molar-refractivity contribution in [3.8, 4) is 6.07 Å². The predicted molar refractivity (Wildman–Crippen MR) is 153 cm³/mol. The topological polar surface area (TPSA) is 130 Å². The third kappa shape index (κ3) is 10.2. The number of nitrogens with zero attached hydrogens (tertiary/aromatic N) is 2. The van der Waals surface area contributed by atoms with Crippen LogP contribution >= 0.6 is 0 Å². The molecule has 0 atom stereocenters. The Morgan fingerprint density at radius 2 is 1.70 bits per heavy atom. The number of hydrogen-bond donors (Lipinski definition) is 2. The number of carbonyl (C=O) groups is 3. The van der Waals surface area contributed by atoms with Crippen LogP contribution < -0.4 is 15.5 Å². The molecule has 0 unspecified atom stereocenters.